The zero-order valence-electron chi connectivity index (χ0n) is 43.0. The van der Waals surface area contributed by atoms with Gasteiger partial charge >= 0.3 is 0 Å². The number of hydrogen-bond acceptors (Lipinski definition) is 12. The molecular formula is C53H91N7O9S. The Morgan fingerprint density at radius 3 is 1.66 bits per heavy atom. The summed E-state index contributed by atoms with van der Waals surface area (Å²) in [4.78, 5) is 107. The van der Waals surface area contributed by atoms with E-state index in [9.17, 15) is 43.5 Å². The molecule has 0 spiro atoms. The number of ketones is 3. The summed E-state index contributed by atoms with van der Waals surface area (Å²) in [6, 6.07) is 3.25. The van der Waals surface area contributed by atoms with Gasteiger partial charge in [-0.2, -0.15) is 11.8 Å². The lowest BCUT2D eigenvalue weighted by Gasteiger charge is -2.25. The van der Waals surface area contributed by atoms with Gasteiger partial charge in [-0.05, 0) is 101 Å². The molecule has 398 valence electrons. The molecule has 0 aliphatic rings. The molecule has 16 nitrogen and oxygen atoms in total. The molecule has 70 heavy (non-hydrogen) atoms. The van der Waals surface area contributed by atoms with Crippen molar-refractivity contribution in [2.24, 2.45) is 29.0 Å². The van der Waals surface area contributed by atoms with E-state index in [4.69, 9.17) is 17.2 Å². The molecule has 0 heterocycles. The molecule has 1 aromatic rings. The fourth-order valence-electron chi connectivity index (χ4n) is 8.38. The molecule has 0 aromatic heterocycles. The average Bonchev–Trinajstić information content (AvgIpc) is 3.34. The largest absolute Gasteiger partial charge is 0.508 e. The number of nitrogens with two attached hydrogens (primary N) is 3. The number of unbranched alkanes of at least 4 members (excludes halogenated alkanes) is 14. The zero-order valence-corrected chi connectivity index (χ0v) is 43.8. The number of hydrogen-bond donors (Lipinski definition) is 8. The highest BCUT2D eigenvalue weighted by atomic mass is 32.2. The molecule has 1 aromatic carbocycles. The van der Waals surface area contributed by atoms with Gasteiger partial charge in [0.2, 0.25) is 29.5 Å². The van der Waals surface area contributed by atoms with Crippen molar-refractivity contribution in [3.63, 3.8) is 0 Å². The van der Waals surface area contributed by atoms with Crippen LogP contribution in [0.5, 0.6) is 5.75 Å². The number of benzene rings is 1. The van der Waals surface area contributed by atoms with Crippen LogP contribution >= 0.6 is 11.8 Å². The van der Waals surface area contributed by atoms with Gasteiger partial charge in [0.15, 0.2) is 17.3 Å². The predicted molar refractivity (Wildman–Crippen MR) is 280 cm³/mol. The molecule has 0 unspecified atom stereocenters. The molecule has 11 N–H and O–H groups in total. The van der Waals surface area contributed by atoms with Crippen LogP contribution in [0.15, 0.2) is 24.3 Å². The normalized spacial score (nSPS) is 13.3. The molecular weight excluding hydrogens is 911 g/mol. The Morgan fingerprint density at radius 1 is 0.571 bits per heavy atom. The highest BCUT2D eigenvalue weighted by Crippen LogP contribution is 2.21. The number of thioether (sulfide) groups is 1. The standard InChI is InChI=1S/C53H91N7O9S/c1-4-6-7-8-9-10-11-12-13-14-15-16-17-24-50(66)58-46(31-34-70-3)53(69)57-38-43(62)36-41(35-39-25-27-42(61)28-26-39)52(68)60-45(29-30-49(56)65)48(64)37-40(22-18-20-32-54)51(67)59-44(47(63)5-2)23-19-21-33-55/h25-28,40-41,44-46,61H,4-24,29-38,54-55H2,1-3H3,(H2,56,65)(H,57,69)(H,58,66)(H,59,67)(H,60,68)/t40-,41-,44+,45+,46+/m1/s1. The van der Waals surface area contributed by atoms with E-state index in [1.807, 2.05) is 6.26 Å². The van der Waals surface area contributed by atoms with E-state index in [1.165, 1.54) is 81.7 Å². The van der Waals surface area contributed by atoms with Crippen LogP contribution in [0.4, 0.5) is 0 Å². The van der Waals surface area contributed by atoms with Crippen LogP contribution in [-0.4, -0.2) is 102 Å². The van der Waals surface area contributed by atoms with Gasteiger partial charge in [-0.3, -0.25) is 38.4 Å². The van der Waals surface area contributed by atoms with Crippen LogP contribution in [0.1, 0.15) is 186 Å². The summed E-state index contributed by atoms with van der Waals surface area (Å²) in [5, 5.41) is 21.0. The first-order chi connectivity index (χ1) is 33.7. The number of carbonyl (C=O) groups excluding carboxylic acids is 8. The third kappa shape index (κ3) is 30.4. The lowest BCUT2D eigenvalue weighted by molar-refractivity contribution is -0.135. The summed E-state index contributed by atoms with van der Waals surface area (Å²) in [7, 11) is 0. The molecule has 5 amide bonds. The summed E-state index contributed by atoms with van der Waals surface area (Å²) in [5.41, 5.74) is 17.5. The van der Waals surface area contributed by atoms with Crippen molar-refractivity contribution in [1.29, 1.82) is 0 Å². The second-order valence-corrected chi connectivity index (χ2v) is 19.8. The van der Waals surface area contributed by atoms with E-state index in [1.54, 1.807) is 19.1 Å². The molecule has 0 radical (unpaired) electrons. The Labute approximate surface area is 423 Å². The maximum absolute atomic E-state index is 14.2. The molecule has 0 saturated carbocycles. The van der Waals surface area contributed by atoms with Crippen LogP contribution in [0, 0.1) is 11.8 Å². The van der Waals surface area contributed by atoms with Crippen LogP contribution < -0.4 is 38.5 Å². The van der Waals surface area contributed by atoms with Crippen LogP contribution in [-0.2, 0) is 44.8 Å². The summed E-state index contributed by atoms with van der Waals surface area (Å²) >= 11 is 1.53. The van der Waals surface area contributed by atoms with Gasteiger partial charge in [-0.1, -0.05) is 109 Å². The molecule has 0 saturated heterocycles. The van der Waals surface area contributed by atoms with Gasteiger partial charge in [0.25, 0.3) is 0 Å². The van der Waals surface area contributed by atoms with Crippen molar-refractivity contribution in [3.8, 4) is 5.75 Å². The van der Waals surface area contributed by atoms with Crippen molar-refractivity contribution in [2.45, 2.75) is 205 Å². The number of rotatable bonds is 45. The number of primary amides is 1. The Bertz CT molecular complexity index is 1680. The van der Waals surface area contributed by atoms with Gasteiger partial charge in [0.1, 0.15) is 11.8 Å². The van der Waals surface area contributed by atoms with Crippen molar-refractivity contribution >= 4 is 58.6 Å². The fourth-order valence-corrected chi connectivity index (χ4v) is 8.85. The maximum Gasteiger partial charge on any atom is 0.242 e. The topological polar surface area (TPSA) is 283 Å². The number of amides is 5. The maximum atomic E-state index is 14.2. The lowest BCUT2D eigenvalue weighted by atomic mass is 9.89. The van der Waals surface area contributed by atoms with Crippen molar-refractivity contribution in [3.05, 3.63) is 29.8 Å². The van der Waals surface area contributed by atoms with Gasteiger partial charge < -0.3 is 43.6 Å². The summed E-state index contributed by atoms with van der Waals surface area (Å²) in [5.74, 6) is -5.06. The molecule has 0 fully saturated rings. The number of carbonyl (C=O) groups is 8. The van der Waals surface area contributed by atoms with E-state index in [-0.39, 0.29) is 62.4 Å². The smallest absolute Gasteiger partial charge is 0.242 e. The molecule has 0 aliphatic carbocycles. The number of phenols is 1. The Kier molecular flexibility index (Phi) is 36.6. The summed E-state index contributed by atoms with van der Waals surface area (Å²) in [6.45, 7) is 4.34. The van der Waals surface area contributed by atoms with E-state index >= 15 is 0 Å². The minimum absolute atomic E-state index is 0.000824. The van der Waals surface area contributed by atoms with E-state index < -0.39 is 71.7 Å². The Balaban J connectivity index is 3.06. The lowest BCUT2D eigenvalue weighted by Crippen LogP contribution is -2.49. The second-order valence-electron chi connectivity index (χ2n) is 18.8. The minimum atomic E-state index is -1.25. The minimum Gasteiger partial charge on any atom is -0.508 e. The first kappa shape index (κ1) is 63.7. The number of Topliss-reactive ketones (excluding diaryl/α,β-unsaturated/α-hetero) is 3. The van der Waals surface area contributed by atoms with E-state index in [0.29, 0.717) is 69.4 Å². The first-order valence-electron chi connectivity index (χ1n) is 26.4. The van der Waals surface area contributed by atoms with Crippen molar-refractivity contribution in [1.82, 2.24) is 21.3 Å². The van der Waals surface area contributed by atoms with Gasteiger partial charge in [-0.15, -0.1) is 0 Å². The summed E-state index contributed by atoms with van der Waals surface area (Å²) < 4.78 is 0. The van der Waals surface area contributed by atoms with Gasteiger partial charge in [-0.25, -0.2) is 0 Å². The Hall–Kier alpha value is -4.35. The molecule has 17 heteroatoms. The monoisotopic (exact) mass is 1000 g/mol. The molecule has 1 rings (SSSR count). The van der Waals surface area contributed by atoms with Crippen LogP contribution in [0.2, 0.25) is 0 Å². The van der Waals surface area contributed by atoms with Crippen molar-refractivity contribution < 1.29 is 43.5 Å². The quantitative estimate of drug-likeness (QED) is 0.0330. The predicted octanol–water partition coefficient (Wildman–Crippen LogP) is 6.39. The third-order valence-corrected chi connectivity index (χ3v) is 13.3. The SMILES string of the molecule is CCCCCCCCCCCCCCCC(=O)N[C@@H](CCSC)C(=O)NCC(=O)C[C@@H](Cc1ccc(O)cc1)C(=O)N[C@@H](CCC(N)=O)C(=O)C[C@@H](CCCCN)C(=O)N[C@@H](CCCCN)C(=O)CC. The Morgan fingerprint density at radius 2 is 1.11 bits per heavy atom. The van der Waals surface area contributed by atoms with Gasteiger partial charge in [0, 0.05) is 43.9 Å². The summed E-state index contributed by atoms with van der Waals surface area (Å²) in [6.07, 6.45) is 20.3. The zero-order chi connectivity index (χ0) is 51.9. The van der Waals surface area contributed by atoms with Crippen LogP contribution in [0.25, 0.3) is 0 Å². The molecule has 0 aliphatic heterocycles. The second kappa shape index (κ2) is 40.3. The highest BCUT2D eigenvalue weighted by molar-refractivity contribution is 7.98. The van der Waals surface area contributed by atoms with Crippen LogP contribution in [0.3, 0.4) is 0 Å². The number of nitrogens with one attached hydrogen (secondary N) is 4. The molecule has 0 bridgehead atoms. The average molecular weight is 1000 g/mol. The fraction of sp³-hybridized carbons (Fsp3) is 0.736. The number of aromatic hydroxyl groups is 1. The third-order valence-electron chi connectivity index (χ3n) is 12.7. The highest BCUT2D eigenvalue weighted by Gasteiger charge is 2.32. The molecule has 5 atom stereocenters. The first-order valence-corrected chi connectivity index (χ1v) is 27.8. The van der Waals surface area contributed by atoms with Gasteiger partial charge in [0.05, 0.1) is 18.6 Å². The van der Waals surface area contributed by atoms with E-state index in [0.717, 1.165) is 25.7 Å². The van der Waals surface area contributed by atoms with E-state index in [2.05, 4.69) is 28.2 Å². The number of phenolic OH excluding ortho intramolecular Hbond substituents is 1. The van der Waals surface area contributed by atoms with Crippen molar-refractivity contribution in [2.75, 3.05) is 31.6 Å².